The fraction of sp³-hybridized carbons (Fsp3) is 0.857. The van der Waals surface area contributed by atoms with Crippen LogP contribution in [-0.4, -0.2) is 42.9 Å². The number of hydrogen-bond donors (Lipinski definition) is 0. The van der Waals surface area contributed by atoms with Gasteiger partial charge in [0.2, 0.25) is 0 Å². The van der Waals surface area contributed by atoms with Crippen LogP contribution in [0.5, 0.6) is 0 Å². The molecule has 18 heavy (non-hydrogen) atoms. The van der Waals surface area contributed by atoms with Gasteiger partial charge in [0.15, 0.2) is 0 Å². The van der Waals surface area contributed by atoms with Gasteiger partial charge < -0.3 is 14.2 Å². The topological polar surface area (TPSA) is 21.7 Å². The van der Waals surface area contributed by atoms with E-state index >= 15 is 0 Å². The summed E-state index contributed by atoms with van der Waals surface area (Å²) in [6.45, 7) is 12.1. The number of nitrogens with zero attached hydrogens (tertiary/aromatic N) is 1. The minimum absolute atomic E-state index is 0.187. The molecule has 4 heteroatoms. The van der Waals surface area contributed by atoms with Gasteiger partial charge in [-0.15, -0.1) is 0 Å². The molecule has 0 radical (unpaired) electrons. The third-order valence-corrected chi connectivity index (χ3v) is 4.38. The average Bonchev–Trinajstić information content (AvgIpc) is 2.81. The van der Waals surface area contributed by atoms with Gasteiger partial charge in [-0.2, -0.15) is 0 Å². The van der Waals surface area contributed by atoms with Crippen LogP contribution in [-0.2, 0) is 9.31 Å². The van der Waals surface area contributed by atoms with Gasteiger partial charge in [0.05, 0.1) is 11.2 Å². The Hall–Kier alpha value is -0.315. The van der Waals surface area contributed by atoms with Crippen LogP contribution in [0.4, 0.5) is 0 Å². The Balaban J connectivity index is 1.73. The second-order valence-electron chi connectivity index (χ2n) is 6.39. The summed E-state index contributed by atoms with van der Waals surface area (Å²) in [6, 6.07) is 0. The fourth-order valence-electron chi connectivity index (χ4n) is 2.44. The molecular weight excluding hydrogens is 225 g/mol. The lowest BCUT2D eigenvalue weighted by Gasteiger charge is -2.32. The Bertz CT molecular complexity index is 293. The minimum atomic E-state index is -0.225. The van der Waals surface area contributed by atoms with Crippen molar-refractivity contribution in [2.24, 2.45) is 0 Å². The molecule has 102 valence electrons. The first-order valence-corrected chi connectivity index (χ1v) is 7.15. The molecule has 2 fully saturated rings. The van der Waals surface area contributed by atoms with Crippen molar-refractivity contribution in [1.29, 1.82) is 0 Å². The summed E-state index contributed by atoms with van der Waals surface area (Å²) >= 11 is 0. The number of hydrogen-bond acceptors (Lipinski definition) is 3. The quantitative estimate of drug-likeness (QED) is 0.717. The van der Waals surface area contributed by atoms with E-state index in [9.17, 15) is 0 Å². The van der Waals surface area contributed by atoms with Gasteiger partial charge in [-0.25, -0.2) is 0 Å². The van der Waals surface area contributed by atoms with Gasteiger partial charge in [0.1, 0.15) is 0 Å². The molecule has 0 aliphatic carbocycles. The predicted octanol–water partition coefficient (Wildman–Crippen LogP) is 2.66. The van der Waals surface area contributed by atoms with Gasteiger partial charge in [0.25, 0.3) is 0 Å². The first-order chi connectivity index (χ1) is 8.41. The van der Waals surface area contributed by atoms with Gasteiger partial charge >= 0.3 is 7.12 Å². The summed E-state index contributed by atoms with van der Waals surface area (Å²) in [5.41, 5.74) is -0.450. The monoisotopic (exact) mass is 251 g/mol. The summed E-state index contributed by atoms with van der Waals surface area (Å²) < 4.78 is 11.8. The lowest BCUT2D eigenvalue weighted by molar-refractivity contribution is 0.00578. The Morgan fingerprint density at radius 3 is 2.17 bits per heavy atom. The zero-order valence-electron chi connectivity index (χ0n) is 12.2. The van der Waals surface area contributed by atoms with Gasteiger partial charge in [-0.1, -0.05) is 12.1 Å². The van der Waals surface area contributed by atoms with Crippen LogP contribution in [0, 0.1) is 0 Å². The van der Waals surface area contributed by atoms with E-state index in [-0.39, 0.29) is 18.3 Å². The van der Waals surface area contributed by atoms with Crippen molar-refractivity contribution in [1.82, 2.24) is 4.90 Å². The van der Waals surface area contributed by atoms with E-state index in [0.717, 1.165) is 13.0 Å². The lowest BCUT2D eigenvalue weighted by atomic mass is 9.90. The zero-order valence-corrected chi connectivity index (χ0v) is 12.2. The molecule has 2 rings (SSSR count). The van der Waals surface area contributed by atoms with E-state index in [1.54, 1.807) is 0 Å². The number of likely N-dealkylation sites (tertiary alicyclic amines) is 1. The molecule has 0 aromatic heterocycles. The molecular formula is C14H26BNO2. The minimum Gasteiger partial charge on any atom is -0.400 e. The lowest BCUT2D eigenvalue weighted by Crippen LogP contribution is -2.41. The maximum atomic E-state index is 5.91. The SMILES string of the molecule is CC1(C)OB(/C=C/CCN2CCCC2)OC1(C)C. The van der Waals surface area contributed by atoms with Crippen LogP contribution in [0.25, 0.3) is 0 Å². The summed E-state index contributed by atoms with van der Waals surface area (Å²) in [4.78, 5) is 2.52. The van der Waals surface area contributed by atoms with Crippen LogP contribution in [0.15, 0.2) is 12.1 Å². The van der Waals surface area contributed by atoms with Crippen molar-refractivity contribution in [3.05, 3.63) is 12.1 Å². The van der Waals surface area contributed by atoms with E-state index in [0.29, 0.717) is 0 Å². The molecule has 2 saturated heterocycles. The van der Waals surface area contributed by atoms with Crippen molar-refractivity contribution < 1.29 is 9.31 Å². The summed E-state index contributed by atoms with van der Waals surface area (Å²) in [5, 5.41) is 0. The third kappa shape index (κ3) is 3.17. The Kier molecular flexibility index (Phi) is 4.20. The molecule has 0 aromatic rings. The third-order valence-electron chi connectivity index (χ3n) is 4.38. The molecule has 0 saturated carbocycles. The molecule has 2 aliphatic rings. The van der Waals surface area contributed by atoms with Crippen LogP contribution in [0.3, 0.4) is 0 Å². The van der Waals surface area contributed by atoms with Crippen molar-refractivity contribution in [3.63, 3.8) is 0 Å². The number of rotatable bonds is 4. The van der Waals surface area contributed by atoms with Gasteiger partial charge in [-0.05, 0) is 60.0 Å². The normalized spacial score (nSPS) is 27.4. The van der Waals surface area contributed by atoms with Crippen molar-refractivity contribution >= 4 is 7.12 Å². The first kappa shape index (κ1) is 14.1. The van der Waals surface area contributed by atoms with Crippen LogP contribution in [0.1, 0.15) is 47.0 Å². The van der Waals surface area contributed by atoms with Crippen molar-refractivity contribution in [2.45, 2.75) is 58.2 Å². The molecule has 2 heterocycles. The highest BCUT2D eigenvalue weighted by molar-refractivity contribution is 6.51. The smallest absolute Gasteiger partial charge is 0.400 e. The van der Waals surface area contributed by atoms with E-state index < -0.39 is 0 Å². The molecule has 0 aromatic carbocycles. The molecule has 0 spiro atoms. The van der Waals surface area contributed by atoms with E-state index in [1.807, 2.05) is 0 Å². The predicted molar refractivity (Wildman–Crippen MR) is 75.5 cm³/mol. The van der Waals surface area contributed by atoms with Gasteiger partial charge in [0, 0.05) is 6.54 Å². The van der Waals surface area contributed by atoms with Gasteiger partial charge in [-0.3, -0.25) is 0 Å². The largest absolute Gasteiger partial charge is 0.486 e. The van der Waals surface area contributed by atoms with Crippen LogP contribution >= 0.6 is 0 Å². The summed E-state index contributed by atoms with van der Waals surface area (Å²) in [7, 11) is -0.187. The molecule has 3 nitrogen and oxygen atoms in total. The Labute approximate surface area is 112 Å². The molecule has 2 aliphatic heterocycles. The van der Waals surface area contributed by atoms with Crippen LogP contribution in [0.2, 0.25) is 0 Å². The van der Waals surface area contributed by atoms with E-state index in [1.165, 1.54) is 25.9 Å². The highest BCUT2D eigenvalue weighted by Crippen LogP contribution is 2.36. The summed E-state index contributed by atoms with van der Waals surface area (Å²) in [6.07, 6.45) is 6.01. The van der Waals surface area contributed by atoms with Crippen LogP contribution < -0.4 is 0 Å². The Morgan fingerprint density at radius 2 is 1.61 bits per heavy atom. The second kappa shape index (κ2) is 5.36. The highest BCUT2D eigenvalue weighted by Gasteiger charge is 2.49. The van der Waals surface area contributed by atoms with E-state index in [2.05, 4.69) is 44.6 Å². The summed E-state index contributed by atoms with van der Waals surface area (Å²) in [5.74, 6) is 2.06. The molecule has 0 atom stereocenters. The highest BCUT2D eigenvalue weighted by atomic mass is 16.7. The second-order valence-corrected chi connectivity index (χ2v) is 6.39. The molecule has 0 N–H and O–H groups in total. The standard InChI is InChI=1S/C14H26BNO2/c1-13(2)14(3,4)18-15(17-13)9-5-6-10-16-11-7-8-12-16/h5,9H,6-8,10-12H2,1-4H3/b9-5+. The average molecular weight is 251 g/mol. The fourth-order valence-corrected chi connectivity index (χ4v) is 2.44. The van der Waals surface area contributed by atoms with E-state index in [4.69, 9.17) is 9.31 Å². The zero-order chi connectivity index (χ0) is 13.2. The molecule has 0 bridgehead atoms. The Morgan fingerprint density at radius 1 is 1.06 bits per heavy atom. The molecule has 0 amide bonds. The van der Waals surface area contributed by atoms with Crippen molar-refractivity contribution in [2.75, 3.05) is 19.6 Å². The van der Waals surface area contributed by atoms with Crippen molar-refractivity contribution in [3.8, 4) is 0 Å². The first-order valence-electron chi connectivity index (χ1n) is 7.15. The maximum absolute atomic E-state index is 5.91. The molecule has 0 unspecified atom stereocenters. The maximum Gasteiger partial charge on any atom is 0.486 e.